The summed E-state index contributed by atoms with van der Waals surface area (Å²) in [4.78, 5) is 18.2. The smallest absolute Gasteiger partial charge is 0.272 e. The molecule has 4 aromatic rings. The van der Waals surface area contributed by atoms with Gasteiger partial charge in [0.25, 0.3) is 5.91 Å². The molecule has 0 unspecified atom stereocenters. The van der Waals surface area contributed by atoms with E-state index in [4.69, 9.17) is 6.42 Å². The number of amides is 1. The summed E-state index contributed by atoms with van der Waals surface area (Å²) in [6.45, 7) is 0.374. The topological polar surface area (TPSA) is 34.4 Å². The molecule has 1 amide bonds. The van der Waals surface area contributed by atoms with E-state index in [2.05, 4.69) is 29.1 Å². The summed E-state index contributed by atoms with van der Waals surface area (Å²) in [5.74, 6) is 2.37. The first-order chi connectivity index (χ1) is 12.8. The molecule has 2 heterocycles. The summed E-state index contributed by atoms with van der Waals surface area (Å²) >= 11 is 3.07. The molecule has 0 aliphatic heterocycles. The van der Waals surface area contributed by atoms with Gasteiger partial charge in [-0.3, -0.25) is 4.79 Å². The van der Waals surface area contributed by atoms with Crippen LogP contribution in [0, 0.1) is 12.3 Å². The maximum atomic E-state index is 12.3. The van der Waals surface area contributed by atoms with Crippen molar-refractivity contribution in [3.05, 3.63) is 69.7 Å². The van der Waals surface area contributed by atoms with Gasteiger partial charge in [-0.2, -0.15) is 4.99 Å². The third-order valence-electron chi connectivity index (χ3n) is 3.96. The second kappa shape index (κ2) is 7.12. The number of aromatic nitrogens is 1. The van der Waals surface area contributed by atoms with Gasteiger partial charge in [-0.15, -0.1) is 17.8 Å². The van der Waals surface area contributed by atoms with Gasteiger partial charge < -0.3 is 4.57 Å². The third-order valence-corrected chi connectivity index (χ3v) is 5.93. The predicted octanol–water partition coefficient (Wildman–Crippen LogP) is 4.69. The van der Waals surface area contributed by atoms with Crippen molar-refractivity contribution >= 4 is 55.6 Å². The van der Waals surface area contributed by atoms with Crippen LogP contribution in [0.3, 0.4) is 0 Å². The van der Waals surface area contributed by atoms with Gasteiger partial charge in [0.2, 0.25) is 0 Å². The van der Waals surface area contributed by atoms with E-state index in [1.807, 2.05) is 40.3 Å². The van der Waals surface area contributed by atoms with Gasteiger partial charge in [0.15, 0.2) is 4.80 Å². The fraction of sp³-hybridized carbons (Fsp3) is 0.0476. The summed E-state index contributed by atoms with van der Waals surface area (Å²) in [6.07, 6.45) is 8.82. The minimum Gasteiger partial charge on any atom is -0.305 e. The minimum absolute atomic E-state index is 0.292. The van der Waals surface area contributed by atoms with Crippen LogP contribution in [0.15, 0.2) is 65.0 Å². The number of nitrogens with zero attached hydrogens (tertiary/aromatic N) is 2. The molecule has 3 nitrogen and oxygen atoms in total. The molecule has 126 valence electrons. The van der Waals surface area contributed by atoms with E-state index >= 15 is 0 Å². The molecule has 0 radical (unpaired) electrons. The maximum absolute atomic E-state index is 12.3. The standard InChI is InChI=1S/C21H14N2OS2/c1-2-13-23-18-11-9-15-6-3-4-8-17(15)20(18)26-21(23)22-19(24)12-10-16-7-5-14-25-16/h1,3-12,14H,13H2. The van der Waals surface area contributed by atoms with Crippen LogP contribution in [0.25, 0.3) is 27.1 Å². The van der Waals surface area contributed by atoms with E-state index in [-0.39, 0.29) is 5.91 Å². The highest BCUT2D eigenvalue weighted by Gasteiger charge is 2.09. The second-order valence-corrected chi connectivity index (χ2v) is 7.57. The Labute approximate surface area is 158 Å². The van der Waals surface area contributed by atoms with Crippen LogP contribution in [-0.2, 0) is 11.3 Å². The zero-order valence-electron chi connectivity index (χ0n) is 13.8. The molecule has 26 heavy (non-hydrogen) atoms. The number of thiophene rings is 1. The molecular weight excluding hydrogens is 360 g/mol. The van der Waals surface area contributed by atoms with Crippen LogP contribution in [0.2, 0.25) is 0 Å². The predicted molar refractivity (Wildman–Crippen MR) is 110 cm³/mol. The third kappa shape index (κ3) is 3.13. The lowest BCUT2D eigenvalue weighted by Gasteiger charge is -2.01. The lowest BCUT2D eigenvalue weighted by molar-refractivity contribution is -0.113. The normalized spacial score (nSPS) is 12.2. The summed E-state index contributed by atoms with van der Waals surface area (Å²) in [5.41, 5.74) is 1.00. The van der Waals surface area contributed by atoms with Crippen molar-refractivity contribution in [2.75, 3.05) is 0 Å². The second-order valence-electron chi connectivity index (χ2n) is 5.61. The Kier molecular flexibility index (Phi) is 4.53. The lowest BCUT2D eigenvalue weighted by atomic mass is 10.1. The van der Waals surface area contributed by atoms with Crippen LogP contribution in [0.5, 0.6) is 0 Å². The van der Waals surface area contributed by atoms with Gasteiger partial charge in [0.05, 0.1) is 16.8 Å². The van der Waals surface area contributed by atoms with E-state index in [0.717, 1.165) is 25.9 Å². The van der Waals surface area contributed by atoms with Crippen LogP contribution in [0.4, 0.5) is 0 Å². The Hall–Kier alpha value is -2.94. The highest BCUT2D eigenvalue weighted by atomic mass is 32.1. The Morgan fingerprint density at radius 3 is 2.88 bits per heavy atom. The average molecular weight is 374 g/mol. The van der Waals surface area contributed by atoms with Crippen molar-refractivity contribution < 1.29 is 4.79 Å². The number of hydrogen-bond donors (Lipinski definition) is 0. The van der Waals surface area contributed by atoms with Crippen LogP contribution >= 0.6 is 22.7 Å². The SMILES string of the molecule is C#CCn1c(=NC(=O)C=Cc2cccs2)sc2c3ccccc3ccc21. The average Bonchev–Trinajstić information content (AvgIpc) is 3.29. The van der Waals surface area contributed by atoms with Crippen molar-refractivity contribution in [2.24, 2.45) is 4.99 Å². The zero-order valence-corrected chi connectivity index (χ0v) is 15.4. The minimum atomic E-state index is -0.292. The van der Waals surface area contributed by atoms with Crippen LogP contribution in [0.1, 0.15) is 4.88 Å². The number of hydrogen-bond acceptors (Lipinski definition) is 3. The Morgan fingerprint density at radius 2 is 2.08 bits per heavy atom. The Morgan fingerprint density at radius 1 is 1.19 bits per heavy atom. The fourth-order valence-corrected chi connectivity index (χ4v) is 4.59. The van der Waals surface area contributed by atoms with E-state index in [9.17, 15) is 4.79 Å². The van der Waals surface area contributed by atoms with Crippen molar-refractivity contribution in [3.8, 4) is 12.3 Å². The molecule has 2 aromatic heterocycles. The molecule has 0 fully saturated rings. The number of rotatable bonds is 3. The Balaban J connectivity index is 1.85. The molecule has 0 N–H and O–H groups in total. The monoisotopic (exact) mass is 374 g/mol. The number of carbonyl (C=O) groups excluding carboxylic acids is 1. The first-order valence-corrected chi connectivity index (χ1v) is 9.71. The van der Waals surface area contributed by atoms with Gasteiger partial charge in [-0.05, 0) is 29.0 Å². The van der Waals surface area contributed by atoms with Gasteiger partial charge in [-0.25, -0.2) is 0 Å². The quantitative estimate of drug-likeness (QED) is 0.378. The molecule has 0 saturated heterocycles. The highest BCUT2D eigenvalue weighted by Crippen LogP contribution is 2.27. The number of fused-ring (bicyclic) bond motifs is 3. The maximum Gasteiger partial charge on any atom is 0.272 e. The molecule has 0 atom stereocenters. The molecule has 0 aliphatic rings. The zero-order chi connectivity index (χ0) is 17.9. The first-order valence-electron chi connectivity index (χ1n) is 8.01. The van der Waals surface area contributed by atoms with Crippen molar-refractivity contribution in [2.45, 2.75) is 6.54 Å². The number of carbonyl (C=O) groups is 1. The van der Waals surface area contributed by atoms with Gasteiger partial charge in [-0.1, -0.05) is 53.7 Å². The molecule has 2 aromatic carbocycles. The summed E-state index contributed by atoms with van der Waals surface area (Å²) < 4.78 is 3.01. The fourth-order valence-electron chi connectivity index (χ4n) is 2.80. The molecule has 0 aliphatic carbocycles. The molecular formula is C21H14N2OS2. The van der Waals surface area contributed by atoms with Crippen LogP contribution < -0.4 is 4.80 Å². The molecule has 0 bridgehead atoms. The summed E-state index contributed by atoms with van der Waals surface area (Å²) in [5, 5.41) is 4.27. The lowest BCUT2D eigenvalue weighted by Crippen LogP contribution is -2.15. The molecule has 5 heteroatoms. The van der Waals surface area contributed by atoms with E-state index < -0.39 is 0 Å². The highest BCUT2D eigenvalue weighted by molar-refractivity contribution is 7.17. The van der Waals surface area contributed by atoms with Crippen LogP contribution in [-0.4, -0.2) is 10.5 Å². The summed E-state index contributed by atoms with van der Waals surface area (Å²) in [6, 6.07) is 16.2. The number of terminal acetylenes is 1. The van der Waals surface area contributed by atoms with Gasteiger partial charge >= 0.3 is 0 Å². The number of benzene rings is 2. The van der Waals surface area contributed by atoms with E-state index in [1.54, 1.807) is 17.4 Å². The molecule has 4 rings (SSSR count). The largest absolute Gasteiger partial charge is 0.305 e. The van der Waals surface area contributed by atoms with E-state index in [0.29, 0.717) is 11.3 Å². The van der Waals surface area contributed by atoms with Crippen molar-refractivity contribution in [3.63, 3.8) is 0 Å². The number of thiazole rings is 1. The van der Waals surface area contributed by atoms with Gasteiger partial charge in [0, 0.05) is 16.3 Å². The van der Waals surface area contributed by atoms with E-state index in [1.165, 1.54) is 17.4 Å². The van der Waals surface area contributed by atoms with Gasteiger partial charge in [0.1, 0.15) is 0 Å². The first kappa shape index (κ1) is 16.5. The van der Waals surface area contributed by atoms with Crippen molar-refractivity contribution in [1.29, 1.82) is 0 Å². The summed E-state index contributed by atoms with van der Waals surface area (Å²) in [7, 11) is 0. The Bertz CT molecular complexity index is 1230. The van der Waals surface area contributed by atoms with Crippen molar-refractivity contribution in [1.82, 2.24) is 4.57 Å². The molecule has 0 spiro atoms. The molecule has 0 saturated carbocycles.